The highest BCUT2D eigenvalue weighted by Crippen LogP contribution is 1.99. The van der Waals surface area contributed by atoms with Crippen molar-refractivity contribution in [3.8, 4) is 0 Å². The fourth-order valence-corrected chi connectivity index (χ4v) is 1.79. The molecule has 0 bridgehead atoms. The quantitative estimate of drug-likeness (QED) is 0.712. The van der Waals surface area contributed by atoms with Crippen LogP contribution in [0.25, 0.3) is 0 Å². The molecule has 0 saturated carbocycles. The van der Waals surface area contributed by atoms with Gasteiger partial charge in [0.15, 0.2) is 5.82 Å². The minimum atomic E-state index is 0.785. The minimum absolute atomic E-state index is 0.785. The predicted molar refractivity (Wildman–Crippen MR) is 58.2 cm³/mol. The van der Waals surface area contributed by atoms with Crippen LogP contribution in [-0.2, 0) is 13.6 Å². The summed E-state index contributed by atoms with van der Waals surface area (Å²) >= 11 is 3.44. The van der Waals surface area contributed by atoms with Gasteiger partial charge in [-0.15, -0.1) is 10.2 Å². The van der Waals surface area contributed by atoms with E-state index in [1.165, 1.54) is 4.80 Å². The Labute approximate surface area is 92.6 Å². The maximum absolute atomic E-state index is 4.15. The second-order valence-corrected chi connectivity index (χ2v) is 3.95. The minimum Gasteiger partial charge on any atom is -0.295 e. The van der Waals surface area contributed by atoms with Gasteiger partial charge in [0.25, 0.3) is 0 Å². The summed E-state index contributed by atoms with van der Waals surface area (Å²) < 4.78 is 0. The summed E-state index contributed by atoms with van der Waals surface area (Å²) in [7, 11) is 1.78. The average Bonchev–Trinajstić information content (AvgIpc) is 2.52. The van der Waals surface area contributed by atoms with E-state index in [9.17, 15) is 0 Å². The smallest absolute Gasteiger partial charge is 0.188 e. The van der Waals surface area contributed by atoms with Crippen LogP contribution in [0.2, 0.25) is 0 Å². The highest BCUT2D eigenvalue weighted by molar-refractivity contribution is 9.09. The number of alkyl halides is 1. The van der Waals surface area contributed by atoms with Crippen LogP contribution in [0.4, 0.5) is 0 Å². The standard InChI is InChI=1S/C8H16BrN5/c1-3-5-14(6-4-9)7-8-10-12-13(2)11-8/h3-7H2,1-2H3. The lowest BCUT2D eigenvalue weighted by Crippen LogP contribution is -2.26. The number of aryl methyl sites for hydroxylation is 1. The number of rotatable bonds is 6. The highest BCUT2D eigenvalue weighted by Gasteiger charge is 2.07. The molecule has 5 nitrogen and oxygen atoms in total. The van der Waals surface area contributed by atoms with Crippen molar-refractivity contribution >= 4 is 15.9 Å². The topological polar surface area (TPSA) is 46.8 Å². The lowest BCUT2D eigenvalue weighted by molar-refractivity contribution is 0.276. The second kappa shape index (κ2) is 6.08. The van der Waals surface area contributed by atoms with Crippen molar-refractivity contribution in [1.29, 1.82) is 0 Å². The molecule has 6 heteroatoms. The van der Waals surface area contributed by atoms with Gasteiger partial charge in [-0.05, 0) is 18.2 Å². The fourth-order valence-electron chi connectivity index (χ4n) is 1.29. The van der Waals surface area contributed by atoms with Crippen molar-refractivity contribution in [2.75, 3.05) is 18.4 Å². The van der Waals surface area contributed by atoms with Gasteiger partial charge in [-0.25, -0.2) is 0 Å². The Bertz CT molecular complexity index is 256. The van der Waals surface area contributed by atoms with Gasteiger partial charge in [-0.2, -0.15) is 4.80 Å². The first-order valence-electron chi connectivity index (χ1n) is 4.77. The third-order valence-electron chi connectivity index (χ3n) is 1.86. The van der Waals surface area contributed by atoms with Gasteiger partial charge >= 0.3 is 0 Å². The van der Waals surface area contributed by atoms with Gasteiger partial charge in [0.2, 0.25) is 0 Å². The number of nitrogens with zero attached hydrogens (tertiary/aromatic N) is 5. The molecule has 1 heterocycles. The van der Waals surface area contributed by atoms with E-state index in [0.29, 0.717) is 0 Å². The Balaban J connectivity index is 2.46. The van der Waals surface area contributed by atoms with Crippen molar-refractivity contribution in [2.45, 2.75) is 19.9 Å². The van der Waals surface area contributed by atoms with E-state index in [0.717, 1.165) is 37.2 Å². The number of tetrazole rings is 1. The summed E-state index contributed by atoms with van der Waals surface area (Å²) in [6, 6.07) is 0. The van der Waals surface area contributed by atoms with Gasteiger partial charge in [0.05, 0.1) is 13.6 Å². The monoisotopic (exact) mass is 261 g/mol. The summed E-state index contributed by atoms with van der Waals surface area (Å²) in [6.07, 6.45) is 1.15. The van der Waals surface area contributed by atoms with Gasteiger partial charge in [-0.1, -0.05) is 22.9 Å². The molecule has 1 aromatic heterocycles. The summed E-state index contributed by atoms with van der Waals surface area (Å²) in [5.41, 5.74) is 0. The molecule has 0 aliphatic heterocycles. The van der Waals surface area contributed by atoms with Crippen LogP contribution < -0.4 is 0 Å². The molecule has 0 amide bonds. The van der Waals surface area contributed by atoms with Crippen LogP contribution in [0.15, 0.2) is 0 Å². The van der Waals surface area contributed by atoms with E-state index >= 15 is 0 Å². The molecule has 1 aromatic rings. The first-order chi connectivity index (χ1) is 6.76. The summed E-state index contributed by atoms with van der Waals surface area (Å²) in [4.78, 5) is 3.80. The molecule has 0 spiro atoms. The first kappa shape index (κ1) is 11.6. The maximum Gasteiger partial charge on any atom is 0.188 e. The van der Waals surface area contributed by atoms with Crippen LogP contribution in [0.3, 0.4) is 0 Å². The molecule has 0 unspecified atom stereocenters. The van der Waals surface area contributed by atoms with E-state index < -0.39 is 0 Å². The van der Waals surface area contributed by atoms with Crippen molar-refractivity contribution in [1.82, 2.24) is 25.1 Å². The number of hydrogen-bond acceptors (Lipinski definition) is 4. The zero-order valence-corrected chi connectivity index (χ0v) is 10.2. The molecule has 0 radical (unpaired) electrons. The predicted octanol–water partition coefficient (Wildman–Crippen LogP) is 0.817. The van der Waals surface area contributed by atoms with E-state index in [4.69, 9.17) is 0 Å². The van der Waals surface area contributed by atoms with Gasteiger partial charge in [-0.3, -0.25) is 4.90 Å². The Morgan fingerprint density at radius 1 is 1.43 bits per heavy atom. The molecule has 0 aliphatic carbocycles. The zero-order chi connectivity index (χ0) is 10.4. The van der Waals surface area contributed by atoms with Gasteiger partial charge in [0, 0.05) is 11.9 Å². The van der Waals surface area contributed by atoms with Crippen LogP contribution in [0.1, 0.15) is 19.2 Å². The number of halogens is 1. The van der Waals surface area contributed by atoms with Crippen molar-refractivity contribution in [3.05, 3.63) is 5.82 Å². The van der Waals surface area contributed by atoms with Crippen LogP contribution >= 0.6 is 15.9 Å². The van der Waals surface area contributed by atoms with E-state index in [-0.39, 0.29) is 0 Å². The zero-order valence-electron chi connectivity index (χ0n) is 8.65. The third-order valence-corrected chi connectivity index (χ3v) is 2.21. The van der Waals surface area contributed by atoms with Crippen LogP contribution in [-0.4, -0.2) is 43.5 Å². The molecule has 0 atom stereocenters. The number of hydrogen-bond donors (Lipinski definition) is 0. The molecule has 0 fully saturated rings. The molecule has 0 aliphatic rings. The normalized spacial score (nSPS) is 11.1. The van der Waals surface area contributed by atoms with Gasteiger partial charge < -0.3 is 0 Å². The molecular formula is C8H16BrN5. The van der Waals surface area contributed by atoms with Crippen molar-refractivity contribution in [2.24, 2.45) is 7.05 Å². The number of aromatic nitrogens is 4. The lowest BCUT2D eigenvalue weighted by atomic mass is 10.4. The average molecular weight is 262 g/mol. The van der Waals surface area contributed by atoms with E-state index in [1.807, 2.05) is 0 Å². The Hall–Kier alpha value is -0.490. The summed E-state index contributed by atoms with van der Waals surface area (Å²) in [6.45, 7) is 5.05. The second-order valence-electron chi connectivity index (χ2n) is 3.16. The lowest BCUT2D eigenvalue weighted by Gasteiger charge is -2.17. The fraction of sp³-hybridized carbons (Fsp3) is 0.875. The van der Waals surface area contributed by atoms with E-state index in [1.54, 1.807) is 7.05 Å². The largest absolute Gasteiger partial charge is 0.295 e. The van der Waals surface area contributed by atoms with Crippen LogP contribution in [0, 0.1) is 0 Å². The van der Waals surface area contributed by atoms with Crippen molar-refractivity contribution in [3.63, 3.8) is 0 Å². The maximum atomic E-state index is 4.15. The molecule has 0 N–H and O–H groups in total. The molecule has 1 rings (SSSR count). The third kappa shape index (κ3) is 3.71. The van der Waals surface area contributed by atoms with Crippen LogP contribution in [0.5, 0.6) is 0 Å². The first-order valence-corrected chi connectivity index (χ1v) is 5.89. The molecule has 14 heavy (non-hydrogen) atoms. The summed E-state index contributed by atoms with van der Waals surface area (Å²) in [5.74, 6) is 0.793. The molecular weight excluding hydrogens is 246 g/mol. The Morgan fingerprint density at radius 3 is 2.71 bits per heavy atom. The van der Waals surface area contributed by atoms with Crippen molar-refractivity contribution < 1.29 is 0 Å². The SMILES string of the molecule is CCCN(CCBr)Cc1nnn(C)n1. The molecule has 80 valence electrons. The van der Waals surface area contributed by atoms with E-state index in [2.05, 4.69) is 43.2 Å². The van der Waals surface area contributed by atoms with Gasteiger partial charge in [0.1, 0.15) is 0 Å². The molecule has 0 aromatic carbocycles. The highest BCUT2D eigenvalue weighted by atomic mass is 79.9. The Kier molecular flexibility index (Phi) is 5.03. The summed E-state index contributed by atoms with van der Waals surface area (Å²) in [5, 5.41) is 12.9. The molecule has 0 saturated heterocycles. The Morgan fingerprint density at radius 2 is 2.21 bits per heavy atom.